The summed E-state index contributed by atoms with van der Waals surface area (Å²) < 4.78 is 49.0. The third-order valence-electron chi connectivity index (χ3n) is 7.24. The second kappa shape index (κ2) is 15.9. The molecule has 0 aliphatic heterocycles. The lowest BCUT2D eigenvalue weighted by atomic mass is 10.0. The van der Waals surface area contributed by atoms with Crippen LogP contribution in [0.2, 0.25) is 0 Å². The quantitative estimate of drug-likeness (QED) is 0.168. The van der Waals surface area contributed by atoms with Crippen LogP contribution in [0.1, 0.15) is 25.0 Å². The van der Waals surface area contributed by atoms with Crippen molar-refractivity contribution in [2.24, 2.45) is 5.92 Å². The van der Waals surface area contributed by atoms with Crippen LogP contribution >= 0.6 is 15.9 Å². The van der Waals surface area contributed by atoms with Gasteiger partial charge in [0.25, 0.3) is 10.0 Å². The number of sulfonamides is 1. The van der Waals surface area contributed by atoms with E-state index in [9.17, 15) is 22.4 Å². The Morgan fingerprint density at radius 3 is 2.15 bits per heavy atom. The first-order chi connectivity index (χ1) is 22.0. The van der Waals surface area contributed by atoms with Gasteiger partial charge in [-0.05, 0) is 77.7 Å². The molecule has 4 aromatic carbocycles. The molecule has 0 bridgehead atoms. The number of hydrogen-bond donors (Lipinski definition) is 1. The van der Waals surface area contributed by atoms with Crippen molar-refractivity contribution in [3.8, 4) is 5.75 Å². The monoisotopic (exact) mass is 709 g/mol. The molecular weight excluding hydrogens is 673 g/mol. The summed E-state index contributed by atoms with van der Waals surface area (Å²) in [5, 5.41) is 2.97. The fourth-order valence-electron chi connectivity index (χ4n) is 4.82. The van der Waals surface area contributed by atoms with Gasteiger partial charge in [0.1, 0.15) is 24.2 Å². The number of anilines is 1. The molecule has 0 radical (unpaired) electrons. The zero-order chi connectivity index (χ0) is 33.3. The van der Waals surface area contributed by atoms with E-state index in [0.29, 0.717) is 12.3 Å². The van der Waals surface area contributed by atoms with Crippen molar-refractivity contribution in [1.82, 2.24) is 10.2 Å². The van der Waals surface area contributed by atoms with Crippen molar-refractivity contribution < 1.29 is 27.1 Å². The molecule has 0 unspecified atom stereocenters. The summed E-state index contributed by atoms with van der Waals surface area (Å²) in [7, 11) is -2.86. The number of carbonyl (C=O) groups excluding carboxylic acids is 2. The van der Waals surface area contributed by atoms with Gasteiger partial charge in [0.05, 0.1) is 17.7 Å². The summed E-state index contributed by atoms with van der Waals surface area (Å²) in [6, 6.07) is 26.4. The zero-order valence-corrected chi connectivity index (χ0v) is 28.3. The summed E-state index contributed by atoms with van der Waals surface area (Å²) in [5.41, 5.74) is 1.67. The van der Waals surface area contributed by atoms with Crippen LogP contribution in [0.3, 0.4) is 0 Å². The molecule has 2 amide bonds. The molecule has 4 rings (SSSR count). The highest BCUT2D eigenvalue weighted by atomic mass is 79.9. The smallest absolute Gasteiger partial charge is 0.264 e. The van der Waals surface area contributed by atoms with Crippen LogP contribution in [0.5, 0.6) is 5.75 Å². The Morgan fingerprint density at radius 2 is 1.54 bits per heavy atom. The first-order valence-electron chi connectivity index (χ1n) is 14.8. The summed E-state index contributed by atoms with van der Waals surface area (Å²) in [6.45, 7) is 3.74. The van der Waals surface area contributed by atoms with Gasteiger partial charge in [-0.25, -0.2) is 12.8 Å². The first-order valence-corrected chi connectivity index (χ1v) is 17.0. The SMILES string of the molecule is COc1ccc(S(=O)(=O)N(CC(=O)N(Cc2cccc(Br)c2)[C@H](Cc2ccccc2)C(=O)NCC(C)C)c2ccc(F)cc2)cc1. The number of rotatable bonds is 14. The van der Waals surface area contributed by atoms with E-state index < -0.39 is 34.3 Å². The molecule has 0 heterocycles. The van der Waals surface area contributed by atoms with Crippen molar-refractivity contribution in [2.45, 2.75) is 37.8 Å². The average molecular weight is 711 g/mol. The molecule has 0 spiro atoms. The van der Waals surface area contributed by atoms with E-state index in [-0.39, 0.29) is 35.4 Å². The summed E-state index contributed by atoms with van der Waals surface area (Å²) in [6.07, 6.45) is 0.201. The van der Waals surface area contributed by atoms with Gasteiger partial charge in [-0.2, -0.15) is 0 Å². The molecule has 0 saturated heterocycles. The minimum absolute atomic E-state index is 0.0325. The minimum Gasteiger partial charge on any atom is -0.497 e. The van der Waals surface area contributed by atoms with Crippen molar-refractivity contribution in [1.29, 1.82) is 0 Å². The van der Waals surface area contributed by atoms with E-state index >= 15 is 0 Å². The molecular formula is C35H37BrFN3O5S. The topological polar surface area (TPSA) is 96.0 Å². The minimum atomic E-state index is -4.33. The third-order valence-corrected chi connectivity index (χ3v) is 9.52. The normalized spacial score (nSPS) is 12.0. The van der Waals surface area contributed by atoms with Crippen molar-refractivity contribution >= 4 is 43.5 Å². The van der Waals surface area contributed by atoms with Gasteiger partial charge in [-0.3, -0.25) is 13.9 Å². The fourth-order valence-corrected chi connectivity index (χ4v) is 6.68. The highest BCUT2D eigenvalue weighted by Gasteiger charge is 2.34. The molecule has 0 aliphatic carbocycles. The van der Waals surface area contributed by atoms with Gasteiger partial charge in [0.2, 0.25) is 11.8 Å². The van der Waals surface area contributed by atoms with Crippen LogP contribution in [0, 0.1) is 11.7 Å². The van der Waals surface area contributed by atoms with Crippen LogP contribution in [-0.2, 0) is 32.6 Å². The molecule has 8 nitrogen and oxygen atoms in total. The van der Waals surface area contributed by atoms with Gasteiger partial charge in [-0.15, -0.1) is 0 Å². The largest absolute Gasteiger partial charge is 0.497 e. The lowest BCUT2D eigenvalue weighted by Crippen LogP contribution is -2.53. The Morgan fingerprint density at radius 1 is 0.891 bits per heavy atom. The highest BCUT2D eigenvalue weighted by Crippen LogP contribution is 2.27. The molecule has 4 aromatic rings. The van der Waals surface area contributed by atoms with Crippen molar-refractivity contribution in [3.63, 3.8) is 0 Å². The summed E-state index contributed by atoms with van der Waals surface area (Å²) >= 11 is 3.48. The van der Waals surface area contributed by atoms with Crippen molar-refractivity contribution in [2.75, 3.05) is 24.5 Å². The van der Waals surface area contributed by atoms with Crippen LogP contribution < -0.4 is 14.4 Å². The van der Waals surface area contributed by atoms with Gasteiger partial charge in [0.15, 0.2) is 0 Å². The number of hydrogen-bond acceptors (Lipinski definition) is 5. The van der Waals surface area contributed by atoms with E-state index in [2.05, 4.69) is 21.2 Å². The van der Waals surface area contributed by atoms with Gasteiger partial charge >= 0.3 is 0 Å². The van der Waals surface area contributed by atoms with E-state index in [0.717, 1.165) is 32.0 Å². The number of amides is 2. The molecule has 0 aliphatic rings. The number of ether oxygens (including phenoxy) is 1. The van der Waals surface area contributed by atoms with Crippen LogP contribution in [0.15, 0.2) is 112 Å². The molecule has 46 heavy (non-hydrogen) atoms. The maximum atomic E-state index is 14.5. The second-order valence-electron chi connectivity index (χ2n) is 11.2. The second-order valence-corrected chi connectivity index (χ2v) is 13.9. The molecule has 1 N–H and O–H groups in total. The van der Waals surface area contributed by atoms with Gasteiger partial charge in [0, 0.05) is 24.0 Å². The summed E-state index contributed by atoms with van der Waals surface area (Å²) in [5.74, 6) is -0.897. The van der Waals surface area contributed by atoms with Crippen LogP contribution in [0.4, 0.5) is 10.1 Å². The maximum absolute atomic E-state index is 14.5. The number of halogens is 2. The van der Waals surface area contributed by atoms with Gasteiger partial charge < -0.3 is 15.0 Å². The standard InChI is InChI=1S/C35H37BrFN3O5S/c1-25(2)22-38-35(42)33(21-26-8-5-4-6-9-26)39(23-27-10-7-11-28(36)20-27)34(41)24-40(30-14-12-29(37)13-15-30)46(43,44)32-18-16-31(45-3)17-19-32/h4-20,25,33H,21-24H2,1-3H3,(H,38,42)/t33-/m1/s1. The van der Waals surface area contributed by atoms with E-state index in [4.69, 9.17) is 4.74 Å². The van der Waals surface area contributed by atoms with Gasteiger partial charge in [-0.1, -0.05) is 72.2 Å². The number of methoxy groups -OCH3 is 1. The molecule has 11 heteroatoms. The van der Waals surface area contributed by atoms with Crippen LogP contribution in [-0.4, -0.2) is 51.4 Å². The van der Waals surface area contributed by atoms with Crippen molar-refractivity contribution in [3.05, 3.63) is 125 Å². The Kier molecular flexibility index (Phi) is 11.9. The Balaban J connectivity index is 1.79. The zero-order valence-electron chi connectivity index (χ0n) is 25.9. The van der Waals surface area contributed by atoms with Crippen LogP contribution in [0.25, 0.3) is 0 Å². The number of benzene rings is 4. The first kappa shape index (κ1) is 34.6. The molecule has 0 saturated carbocycles. The molecule has 242 valence electrons. The fraction of sp³-hybridized carbons (Fsp3) is 0.257. The third kappa shape index (κ3) is 9.17. The predicted octanol–water partition coefficient (Wildman–Crippen LogP) is 6.20. The lowest BCUT2D eigenvalue weighted by molar-refractivity contribution is -0.140. The Hall–Kier alpha value is -4.22. The lowest BCUT2D eigenvalue weighted by Gasteiger charge is -2.34. The predicted molar refractivity (Wildman–Crippen MR) is 180 cm³/mol. The van der Waals surface area contributed by atoms with E-state index in [1.807, 2.05) is 68.4 Å². The summed E-state index contributed by atoms with van der Waals surface area (Å²) in [4.78, 5) is 29.6. The number of nitrogens with one attached hydrogen (secondary N) is 1. The highest BCUT2D eigenvalue weighted by molar-refractivity contribution is 9.10. The number of carbonyl (C=O) groups is 2. The molecule has 0 fully saturated rings. The maximum Gasteiger partial charge on any atom is 0.264 e. The Bertz CT molecular complexity index is 1720. The Labute approximate surface area is 278 Å². The molecule has 1 atom stereocenters. The average Bonchev–Trinajstić information content (AvgIpc) is 3.05. The van der Waals surface area contributed by atoms with E-state index in [1.165, 1.54) is 48.4 Å². The number of nitrogens with zero attached hydrogens (tertiary/aromatic N) is 2. The molecule has 0 aromatic heterocycles. The van der Waals surface area contributed by atoms with E-state index in [1.54, 1.807) is 0 Å².